The van der Waals surface area contributed by atoms with Crippen LogP contribution in [0.25, 0.3) is 28.2 Å². The van der Waals surface area contributed by atoms with Gasteiger partial charge in [0.15, 0.2) is 0 Å². The van der Waals surface area contributed by atoms with Crippen molar-refractivity contribution in [2.24, 2.45) is 0 Å². The van der Waals surface area contributed by atoms with E-state index in [1.807, 2.05) is 24.3 Å². The summed E-state index contributed by atoms with van der Waals surface area (Å²) in [5.41, 5.74) is 5.19. The molecule has 0 aliphatic heterocycles. The van der Waals surface area contributed by atoms with Crippen molar-refractivity contribution in [3.63, 3.8) is 0 Å². The van der Waals surface area contributed by atoms with Crippen molar-refractivity contribution in [1.82, 2.24) is 4.98 Å². The summed E-state index contributed by atoms with van der Waals surface area (Å²) >= 11 is 0. The Hall–Kier alpha value is -3.32. The van der Waals surface area contributed by atoms with Crippen LogP contribution in [-0.2, 0) is 10.2 Å². The number of nitrogens with zero attached hydrogens (tertiary/aromatic N) is 1. The van der Waals surface area contributed by atoms with Gasteiger partial charge in [-0.05, 0) is 46.4 Å². The lowest BCUT2D eigenvalue weighted by Crippen LogP contribution is -2.10. The van der Waals surface area contributed by atoms with Gasteiger partial charge in [-0.25, -0.2) is 4.79 Å². The monoisotopic (exact) mass is 344 g/mol. The van der Waals surface area contributed by atoms with Crippen LogP contribution in [0.2, 0.25) is 0 Å². The van der Waals surface area contributed by atoms with Crippen molar-refractivity contribution in [2.45, 2.75) is 26.2 Å². The van der Waals surface area contributed by atoms with Crippen LogP contribution in [0.1, 0.15) is 37.5 Å². The lowest BCUT2D eigenvalue weighted by atomic mass is 9.86. The molecule has 0 amide bonds. The number of aromatic nitrogens is 1. The van der Waals surface area contributed by atoms with E-state index in [0.717, 1.165) is 28.2 Å². The molecular formula is C22H20N2O2. The molecule has 2 N–H and O–H groups in total. The molecule has 3 aromatic rings. The number of nitrogens with one attached hydrogen (secondary N) is 1. The van der Waals surface area contributed by atoms with Gasteiger partial charge in [-0.2, -0.15) is 5.26 Å². The summed E-state index contributed by atoms with van der Waals surface area (Å²) in [6.07, 6.45) is 2.50. The zero-order chi connectivity index (χ0) is 18.9. The summed E-state index contributed by atoms with van der Waals surface area (Å²) in [7, 11) is 0. The van der Waals surface area contributed by atoms with E-state index in [0.29, 0.717) is 11.1 Å². The van der Waals surface area contributed by atoms with E-state index in [2.05, 4.69) is 44.0 Å². The fraction of sp³-hybridized carbons (Fsp3) is 0.182. The summed E-state index contributed by atoms with van der Waals surface area (Å²) < 4.78 is 0. The first-order valence-corrected chi connectivity index (χ1v) is 8.37. The van der Waals surface area contributed by atoms with Gasteiger partial charge in [0.1, 0.15) is 6.07 Å². The number of fused-ring (bicyclic) bond motifs is 1. The Balaban J connectivity index is 2.13. The number of rotatable bonds is 3. The highest BCUT2D eigenvalue weighted by Crippen LogP contribution is 2.31. The highest BCUT2D eigenvalue weighted by atomic mass is 16.4. The van der Waals surface area contributed by atoms with Crippen molar-refractivity contribution in [3.05, 3.63) is 65.2 Å². The van der Waals surface area contributed by atoms with Crippen LogP contribution < -0.4 is 0 Å². The number of aliphatic carboxylic acids is 1. The maximum Gasteiger partial charge on any atom is 0.328 e. The van der Waals surface area contributed by atoms with Crippen LogP contribution in [0.5, 0.6) is 0 Å². The first-order valence-electron chi connectivity index (χ1n) is 8.37. The van der Waals surface area contributed by atoms with Gasteiger partial charge in [0.2, 0.25) is 0 Å². The third kappa shape index (κ3) is 3.38. The summed E-state index contributed by atoms with van der Waals surface area (Å²) in [5.74, 6) is -1.04. The highest BCUT2D eigenvalue weighted by molar-refractivity contribution is 5.94. The molecule has 1 aromatic heterocycles. The molecule has 0 atom stereocenters. The molecule has 0 unspecified atom stereocenters. The van der Waals surface area contributed by atoms with Crippen LogP contribution >= 0.6 is 0 Å². The molecular weight excluding hydrogens is 324 g/mol. The van der Waals surface area contributed by atoms with E-state index in [1.54, 1.807) is 6.07 Å². The number of hydrogen-bond donors (Lipinski definition) is 2. The Morgan fingerprint density at radius 1 is 1.19 bits per heavy atom. The standard InChI is InChI=1S/C22H20N2O2/c1-22(2,3)16-6-4-5-15(11-16)20-12-17-18(13-23)14(8-10-21(25)26)7-9-19(17)24-20/h4-12,24H,1-3H3,(H,25,26)/b10-8+. The molecule has 2 aromatic carbocycles. The predicted octanol–water partition coefficient (Wildman–Crippen LogP) is 5.10. The van der Waals surface area contributed by atoms with E-state index in [9.17, 15) is 10.1 Å². The third-order valence-electron chi connectivity index (χ3n) is 4.39. The normalized spacial score (nSPS) is 11.8. The Morgan fingerprint density at radius 3 is 2.62 bits per heavy atom. The fourth-order valence-corrected chi connectivity index (χ4v) is 2.95. The van der Waals surface area contributed by atoms with Gasteiger partial charge in [-0.3, -0.25) is 0 Å². The maximum atomic E-state index is 10.8. The summed E-state index contributed by atoms with van der Waals surface area (Å²) in [4.78, 5) is 14.1. The zero-order valence-corrected chi connectivity index (χ0v) is 15.0. The number of benzene rings is 2. The first-order chi connectivity index (χ1) is 12.3. The average molecular weight is 344 g/mol. The minimum Gasteiger partial charge on any atom is -0.478 e. The lowest BCUT2D eigenvalue weighted by Gasteiger charge is -2.19. The predicted molar refractivity (Wildman–Crippen MR) is 104 cm³/mol. The lowest BCUT2D eigenvalue weighted by molar-refractivity contribution is -0.131. The van der Waals surface area contributed by atoms with E-state index < -0.39 is 5.97 Å². The molecule has 0 fully saturated rings. The van der Waals surface area contributed by atoms with Gasteiger partial charge in [-0.1, -0.05) is 45.0 Å². The quantitative estimate of drug-likeness (QED) is 0.649. The van der Waals surface area contributed by atoms with E-state index in [4.69, 9.17) is 5.11 Å². The number of aromatic amines is 1. The van der Waals surface area contributed by atoms with Crippen LogP contribution in [-0.4, -0.2) is 16.1 Å². The number of H-pyrrole nitrogens is 1. The molecule has 0 saturated heterocycles. The molecule has 0 spiro atoms. The molecule has 4 heteroatoms. The number of carbonyl (C=O) groups is 1. The van der Waals surface area contributed by atoms with Gasteiger partial charge in [0, 0.05) is 22.7 Å². The number of carboxylic acid groups (broad SMARTS) is 1. The van der Waals surface area contributed by atoms with Gasteiger partial charge in [0.05, 0.1) is 5.56 Å². The number of carboxylic acids is 1. The van der Waals surface area contributed by atoms with Crippen molar-refractivity contribution in [3.8, 4) is 17.3 Å². The summed E-state index contributed by atoms with van der Waals surface area (Å²) in [6.45, 7) is 6.52. The SMILES string of the molecule is CC(C)(C)c1cccc(-c2cc3c(C#N)c(/C=C/C(=O)O)ccc3[nH]2)c1. The number of nitriles is 1. The smallest absolute Gasteiger partial charge is 0.328 e. The Kier molecular flexibility index (Phi) is 4.40. The Morgan fingerprint density at radius 2 is 1.96 bits per heavy atom. The summed E-state index contributed by atoms with van der Waals surface area (Å²) in [5, 5.41) is 19.2. The van der Waals surface area contributed by atoms with E-state index in [1.165, 1.54) is 11.6 Å². The van der Waals surface area contributed by atoms with E-state index in [-0.39, 0.29) is 5.41 Å². The average Bonchev–Trinajstić information content (AvgIpc) is 3.03. The maximum absolute atomic E-state index is 10.8. The Labute approximate surface area is 152 Å². The topological polar surface area (TPSA) is 76.9 Å². The van der Waals surface area contributed by atoms with Crippen LogP contribution in [0.15, 0.2) is 48.5 Å². The fourth-order valence-electron chi connectivity index (χ4n) is 2.95. The van der Waals surface area contributed by atoms with Gasteiger partial charge < -0.3 is 10.1 Å². The molecule has 0 aliphatic carbocycles. The van der Waals surface area contributed by atoms with Gasteiger partial charge >= 0.3 is 5.97 Å². The minimum atomic E-state index is -1.04. The molecule has 0 radical (unpaired) electrons. The van der Waals surface area contributed by atoms with Crippen molar-refractivity contribution < 1.29 is 9.90 Å². The Bertz CT molecular complexity index is 1060. The molecule has 1 heterocycles. The molecule has 3 rings (SSSR count). The minimum absolute atomic E-state index is 0.0502. The third-order valence-corrected chi connectivity index (χ3v) is 4.39. The molecule has 0 saturated carbocycles. The second-order valence-electron chi connectivity index (χ2n) is 7.29. The highest BCUT2D eigenvalue weighted by Gasteiger charge is 2.15. The van der Waals surface area contributed by atoms with Gasteiger partial charge in [-0.15, -0.1) is 0 Å². The van der Waals surface area contributed by atoms with Crippen molar-refractivity contribution in [1.29, 1.82) is 5.26 Å². The van der Waals surface area contributed by atoms with Crippen molar-refractivity contribution >= 4 is 22.9 Å². The van der Waals surface area contributed by atoms with E-state index >= 15 is 0 Å². The summed E-state index contributed by atoms with van der Waals surface area (Å²) in [6, 6.07) is 16.1. The molecule has 4 nitrogen and oxygen atoms in total. The number of hydrogen-bond acceptors (Lipinski definition) is 2. The van der Waals surface area contributed by atoms with Crippen molar-refractivity contribution in [2.75, 3.05) is 0 Å². The second-order valence-corrected chi connectivity index (χ2v) is 7.29. The van der Waals surface area contributed by atoms with Gasteiger partial charge in [0.25, 0.3) is 0 Å². The molecule has 26 heavy (non-hydrogen) atoms. The van der Waals surface area contributed by atoms with Crippen LogP contribution in [0.3, 0.4) is 0 Å². The largest absolute Gasteiger partial charge is 0.478 e. The van der Waals surface area contributed by atoms with Crippen LogP contribution in [0, 0.1) is 11.3 Å². The molecule has 0 bridgehead atoms. The second kappa shape index (κ2) is 6.53. The molecule has 0 aliphatic rings. The zero-order valence-electron chi connectivity index (χ0n) is 15.0. The first kappa shape index (κ1) is 17.5. The van der Waals surface area contributed by atoms with Crippen LogP contribution in [0.4, 0.5) is 0 Å². The molecule has 130 valence electrons.